The van der Waals surface area contributed by atoms with Gasteiger partial charge in [-0.15, -0.1) is 0 Å². The van der Waals surface area contributed by atoms with Crippen LogP contribution in [0.1, 0.15) is 13.8 Å². The summed E-state index contributed by atoms with van der Waals surface area (Å²) in [6.07, 6.45) is -1.12. The second-order valence-electron chi connectivity index (χ2n) is 3.15. The lowest BCUT2D eigenvalue weighted by molar-refractivity contribution is -0.145. The van der Waals surface area contributed by atoms with Gasteiger partial charge in [0.2, 0.25) is 5.91 Å². The molecule has 5 nitrogen and oxygen atoms in total. The molecule has 0 aliphatic rings. The Hall–Kier alpha value is -0.750. The first-order chi connectivity index (χ1) is 6.40. The topological polar surface area (TPSA) is 86.6 Å². The molecule has 0 aromatic rings. The predicted molar refractivity (Wildman–Crippen MR) is 54.3 cm³/mol. The fourth-order valence-corrected chi connectivity index (χ4v) is 0.933. The minimum absolute atomic E-state index is 0.331. The van der Waals surface area contributed by atoms with Gasteiger partial charge in [0.15, 0.2) is 6.04 Å². The minimum Gasteiger partial charge on any atom is -0.480 e. The number of aliphatic hydroxyl groups is 1. The highest BCUT2D eigenvalue weighted by molar-refractivity contribution is 7.80. The molecule has 0 aromatic heterocycles. The summed E-state index contributed by atoms with van der Waals surface area (Å²) >= 11 is 3.91. The van der Waals surface area contributed by atoms with Gasteiger partial charge in [-0.25, -0.2) is 4.79 Å². The van der Waals surface area contributed by atoms with Crippen LogP contribution in [-0.2, 0) is 9.59 Å². The van der Waals surface area contributed by atoms with Crippen LogP contribution < -0.4 is 5.32 Å². The summed E-state index contributed by atoms with van der Waals surface area (Å²) in [5.41, 5.74) is 0. The number of carbonyl (C=O) groups excluding carboxylic acids is 1. The van der Waals surface area contributed by atoms with E-state index in [1.165, 1.54) is 6.92 Å². The van der Waals surface area contributed by atoms with E-state index in [1.54, 1.807) is 6.92 Å². The quantitative estimate of drug-likeness (QED) is 0.471. The van der Waals surface area contributed by atoms with Gasteiger partial charge in [-0.1, -0.05) is 6.92 Å². The van der Waals surface area contributed by atoms with Crippen LogP contribution in [0.2, 0.25) is 0 Å². The molecule has 3 N–H and O–H groups in total. The number of carbonyl (C=O) groups is 2. The van der Waals surface area contributed by atoms with Crippen molar-refractivity contribution in [1.82, 2.24) is 5.32 Å². The Labute approximate surface area is 87.9 Å². The van der Waals surface area contributed by atoms with Crippen LogP contribution in [0.5, 0.6) is 0 Å². The van der Waals surface area contributed by atoms with Crippen LogP contribution in [0.4, 0.5) is 0 Å². The van der Waals surface area contributed by atoms with Gasteiger partial charge < -0.3 is 15.5 Å². The Bertz CT molecular complexity index is 219. The fraction of sp³-hybridized carbons (Fsp3) is 0.750. The lowest BCUT2D eigenvalue weighted by atomic mass is 10.1. The van der Waals surface area contributed by atoms with E-state index in [0.717, 1.165) is 0 Å². The van der Waals surface area contributed by atoms with E-state index in [-0.39, 0.29) is 5.92 Å². The zero-order valence-electron chi connectivity index (χ0n) is 8.10. The Balaban J connectivity index is 4.31. The van der Waals surface area contributed by atoms with Crippen LogP contribution in [0.3, 0.4) is 0 Å². The summed E-state index contributed by atoms with van der Waals surface area (Å²) in [6, 6.07) is -1.26. The monoisotopic (exact) mass is 221 g/mol. The molecule has 0 aliphatic heterocycles. The Morgan fingerprint density at radius 3 is 2.21 bits per heavy atom. The maximum Gasteiger partial charge on any atom is 0.328 e. The van der Waals surface area contributed by atoms with Crippen molar-refractivity contribution in [2.24, 2.45) is 5.92 Å². The van der Waals surface area contributed by atoms with Crippen molar-refractivity contribution < 1.29 is 19.8 Å². The first-order valence-electron chi connectivity index (χ1n) is 4.22. The summed E-state index contributed by atoms with van der Waals surface area (Å²) in [4.78, 5) is 21.9. The van der Waals surface area contributed by atoms with Crippen molar-refractivity contribution in [2.45, 2.75) is 26.0 Å². The normalized spacial score (nSPS) is 16.9. The van der Waals surface area contributed by atoms with Gasteiger partial charge in [0.05, 0.1) is 6.10 Å². The molecular formula is C8H15NO4S. The molecule has 82 valence electrons. The van der Waals surface area contributed by atoms with Crippen LogP contribution >= 0.6 is 12.6 Å². The number of hydrogen-bond acceptors (Lipinski definition) is 4. The number of carboxylic acid groups (broad SMARTS) is 1. The molecule has 0 aromatic carbocycles. The standard InChI is InChI=1S/C8H15NO4S/c1-4(3-14)7(11)9-6(5(2)10)8(12)13/h4-6,10,14H,3H2,1-2H3,(H,9,11)(H,12,13)/t4-,5-,6+/m1/s1. The smallest absolute Gasteiger partial charge is 0.328 e. The molecule has 0 unspecified atom stereocenters. The van der Waals surface area contributed by atoms with Gasteiger partial charge in [-0.2, -0.15) is 12.6 Å². The van der Waals surface area contributed by atoms with E-state index in [0.29, 0.717) is 5.75 Å². The molecular weight excluding hydrogens is 206 g/mol. The Morgan fingerprint density at radius 2 is 1.93 bits per heavy atom. The Kier molecular flexibility index (Phi) is 5.56. The number of aliphatic hydroxyl groups excluding tert-OH is 1. The van der Waals surface area contributed by atoms with Crippen molar-refractivity contribution in [3.05, 3.63) is 0 Å². The summed E-state index contributed by atoms with van der Waals surface area (Å²) in [6.45, 7) is 2.94. The first kappa shape index (κ1) is 13.2. The molecule has 3 atom stereocenters. The fourth-order valence-electron chi connectivity index (χ4n) is 0.767. The molecule has 0 heterocycles. The second kappa shape index (κ2) is 5.87. The lowest BCUT2D eigenvalue weighted by Gasteiger charge is -2.18. The summed E-state index contributed by atoms with van der Waals surface area (Å²) in [5, 5.41) is 20.0. The van der Waals surface area contributed by atoms with Gasteiger partial charge in [0.25, 0.3) is 0 Å². The first-order valence-corrected chi connectivity index (χ1v) is 4.85. The number of aliphatic carboxylic acids is 1. The number of carboxylic acids is 1. The molecule has 1 amide bonds. The molecule has 0 saturated heterocycles. The van der Waals surface area contributed by atoms with E-state index in [9.17, 15) is 9.59 Å². The molecule has 0 bridgehead atoms. The van der Waals surface area contributed by atoms with Crippen molar-refractivity contribution >= 4 is 24.5 Å². The lowest BCUT2D eigenvalue weighted by Crippen LogP contribution is -2.49. The van der Waals surface area contributed by atoms with Gasteiger partial charge in [0, 0.05) is 11.7 Å². The largest absolute Gasteiger partial charge is 0.480 e. The number of rotatable bonds is 5. The van der Waals surface area contributed by atoms with Crippen molar-refractivity contribution in [2.75, 3.05) is 5.75 Å². The van der Waals surface area contributed by atoms with Crippen LogP contribution in [0.15, 0.2) is 0 Å². The molecule has 0 saturated carbocycles. The predicted octanol–water partition coefficient (Wildman–Crippen LogP) is -0.498. The van der Waals surface area contributed by atoms with Crippen molar-refractivity contribution in [3.63, 3.8) is 0 Å². The zero-order valence-corrected chi connectivity index (χ0v) is 8.99. The molecule has 0 spiro atoms. The molecule has 6 heteroatoms. The highest BCUT2D eigenvalue weighted by atomic mass is 32.1. The van der Waals surface area contributed by atoms with Crippen molar-refractivity contribution in [3.8, 4) is 0 Å². The SMILES string of the molecule is C[C@H](CS)C(=O)N[C@H](C(=O)O)[C@@H](C)O. The average Bonchev–Trinajstić information content (AvgIpc) is 2.11. The van der Waals surface area contributed by atoms with E-state index < -0.39 is 24.0 Å². The van der Waals surface area contributed by atoms with E-state index in [1.807, 2.05) is 0 Å². The highest BCUT2D eigenvalue weighted by Gasteiger charge is 2.26. The second-order valence-corrected chi connectivity index (χ2v) is 3.51. The number of nitrogens with one attached hydrogen (secondary N) is 1. The third-order valence-corrected chi connectivity index (χ3v) is 2.32. The number of hydrogen-bond donors (Lipinski definition) is 4. The molecule has 0 radical (unpaired) electrons. The van der Waals surface area contributed by atoms with E-state index >= 15 is 0 Å². The maximum absolute atomic E-state index is 11.3. The summed E-state index contributed by atoms with van der Waals surface area (Å²) < 4.78 is 0. The molecule has 0 rings (SSSR count). The number of thiol groups is 1. The molecule has 14 heavy (non-hydrogen) atoms. The van der Waals surface area contributed by atoms with E-state index in [4.69, 9.17) is 10.2 Å². The number of amides is 1. The molecule has 0 aliphatic carbocycles. The van der Waals surface area contributed by atoms with Crippen LogP contribution in [-0.4, -0.2) is 40.0 Å². The van der Waals surface area contributed by atoms with Gasteiger partial charge in [0.1, 0.15) is 0 Å². The third kappa shape index (κ3) is 3.97. The average molecular weight is 221 g/mol. The third-order valence-electron chi connectivity index (χ3n) is 1.77. The van der Waals surface area contributed by atoms with Gasteiger partial charge in [-0.3, -0.25) is 4.79 Å². The highest BCUT2D eigenvalue weighted by Crippen LogP contribution is 2.00. The molecule has 0 fully saturated rings. The van der Waals surface area contributed by atoms with Crippen molar-refractivity contribution in [1.29, 1.82) is 0 Å². The van der Waals surface area contributed by atoms with Gasteiger partial charge >= 0.3 is 5.97 Å². The van der Waals surface area contributed by atoms with Crippen LogP contribution in [0, 0.1) is 5.92 Å². The summed E-state index contributed by atoms with van der Waals surface area (Å²) in [5.74, 6) is -1.72. The maximum atomic E-state index is 11.3. The van der Waals surface area contributed by atoms with Gasteiger partial charge in [-0.05, 0) is 6.92 Å². The summed E-state index contributed by atoms with van der Waals surface area (Å²) in [7, 11) is 0. The minimum atomic E-state index is -1.26. The van der Waals surface area contributed by atoms with E-state index in [2.05, 4.69) is 17.9 Å². The Morgan fingerprint density at radius 1 is 1.43 bits per heavy atom. The zero-order chi connectivity index (χ0) is 11.3. The van der Waals surface area contributed by atoms with Crippen LogP contribution in [0.25, 0.3) is 0 Å².